The summed E-state index contributed by atoms with van der Waals surface area (Å²) in [6.45, 7) is 0. The number of hydrogen-bond acceptors (Lipinski definition) is 6. The fourth-order valence-corrected chi connectivity index (χ4v) is 2.75. The van der Waals surface area contributed by atoms with E-state index < -0.39 is 5.97 Å². The lowest BCUT2D eigenvalue weighted by atomic mass is 10.1. The minimum absolute atomic E-state index is 0.0539. The number of para-hydroxylation sites is 1. The van der Waals surface area contributed by atoms with Crippen molar-refractivity contribution in [3.63, 3.8) is 0 Å². The van der Waals surface area contributed by atoms with Crippen LogP contribution in [0.15, 0.2) is 40.2 Å². The molecular weight excluding hydrogens is 280 g/mol. The summed E-state index contributed by atoms with van der Waals surface area (Å²) in [4.78, 5) is 11.3. The van der Waals surface area contributed by atoms with Crippen molar-refractivity contribution >= 4 is 28.7 Å². The molecule has 8 heteroatoms. The molecule has 0 bridgehead atoms. The fourth-order valence-electron chi connectivity index (χ4n) is 1.89. The molecule has 3 N–H and O–H groups in total. The lowest BCUT2D eigenvalue weighted by molar-refractivity contribution is 0.0664. The van der Waals surface area contributed by atoms with Crippen LogP contribution in [0.1, 0.15) is 16.1 Å². The van der Waals surface area contributed by atoms with Crippen molar-refractivity contribution in [1.29, 1.82) is 0 Å². The minimum Gasteiger partial charge on any atom is -0.475 e. The molecule has 102 valence electrons. The number of aromatic carboxylic acids is 1. The third kappa shape index (κ3) is 2.10. The Morgan fingerprint density at radius 3 is 2.95 bits per heavy atom. The molecule has 0 radical (unpaired) electrons. The van der Waals surface area contributed by atoms with Crippen molar-refractivity contribution in [2.75, 3.05) is 5.84 Å². The van der Waals surface area contributed by atoms with Crippen LogP contribution in [-0.4, -0.2) is 25.9 Å². The highest BCUT2D eigenvalue weighted by Gasteiger charge is 2.20. The van der Waals surface area contributed by atoms with Crippen molar-refractivity contribution in [3.05, 3.63) is 41.9 Å². The van der Waals surface area contributed by atoms with Gasteiger partial charge in [0, 0.05) is 16.7 Å². The number of carboxylic acids is 1. The van der Waals surface area contributed by atoms with Gasteiger partial charge in [-0.1, -0.05) is 30.0 Å². The molecule has 3 aromatic rings. The topological polar surface area (TPSA) is 107 Å². The van der Waals surface area contributed by atoms with E-state index in [0.717, 1.165) is 5.39 Å². The zero-order valence-electron chi connectivity index (χ0n) is 10.2. The lowest BCUT2D eigenvalue weighted by Crippen LogP contribution is -2.07. The van der Waals surface area contributed by atoms with Crippen LogP contribution < -0.4 is 5.84 Å². The van der Waals surface area contributed by atoms with Crippen LogP contribution >= 0.6 is 11.8 Å². The van der Waals surface area contributed by atoms with E-state index in [-0.39, 0.29) is 5.76 Å². The van der Waals surface area contributed by atoms with Gasteiger partial charge in [0.2, 0.25) is 10.9 Å². The van der Waals surface area contributed by atoms with Crippen LogP contribution in [0, 0.1) is 0 Å². The van der Waals surface area contributed by atoms with E-state index in [2.05, 4.69) is 10.2 Å². The van der Waals surface area contributed by atoms with Gasteiger partial charge in [-0.2, -0.15) is 0 Å². The van der Waals surface area contributed by atoms with E-state index in [9.17, 15) is 9.90 Å². The van der Waals surface area contributed by atoms with Crippen LogP contribution in [0.3, 0.4) is 0 Å². The number of nitrogen functional groups attached to an aromatic ring is 1. The van der Waals surface area contributed by atoms with Crippen LogP contribution in [0.5, 0.6) is 0 Å². The minimum atomic E-state index is -1.09. The fraction of sp³-hybridized carbons (Fsp3) is 0.0833. The number of rotatable bonds is 4. The lowest BCUT2D eigenvalue weighted by Gasteiger charge is -2.00. The number of hydrogen-bond donors (Lipinski definition) is 2. The quantitative estimate of drug-likeness (QED) is 0.556. The second-order valence-electron chi connectivity index (χ2n) is 4.02. The first-order valence-electron chi connectivity index (χ1n) is 5.68. The Hall–Kier alpha value is -2.48. The highest BCUT2D eigenvalue weighted by Crippen LogP contribution is 2.31. The molecule has 0 saturated carbocycles. The first-order valence-corrected chi connectivity index (χ1v) is 6.67. The van der Waals surface area contributed by atoms with Crippen molar-refractivity contribution < 1.29 is 14.3 Å². The number of carbonyl (C=O) groups is 1. The monoisotopic (exact) mass is 290 g/mol. The number of carboxylic acid groups (broad SMARTS) is 1. The normalized spacial score (nSPS) is 11.0. The van der Waals surface area contributed by atoms with Gasteiger partial charge in [-0.05, 0) is 6.07 Å². The summed E-state index contributed by atoms with van der Waals surface area (Å²) in [6.07, 6.45) is 1.38. The SMILES string of the molecule is Nn1cnnc1SCc1c(C(=O)O)oc2ccccc12. The summed E-state index contributed by atoms with van der Waals surface area (Å²) < 4.78 is 6.66. The molecule has 0 aliphatic heterocycles. The molecule has 0 amide bonds. The number of nitrogens with zero attached hydrogens (tertiary/aromatic N) is 3. The molecule has 0 fully saturated rings. The molecule has 3 rings (SSSR count). The standard InChI is InChI=1S/C12H10N4O3S/c13-16-6-14-15-12(16)20-5-8-7-3-1-2-4-9(7)19-10(8)11(17)18/h1-4,6H,5,13H2,(H,17,18). The molecule has 0 aliphatic carbocycles. The van der Waals surface area contributed by atoms with Gasteiger partial charge in [0.1, 0.15) is 11.9 Å². The predicted octanol–water partition coefficient (Wildman–Crippen LogP) is 1.73. The molecule has 1 aromatic carbocycles. The first-order chi connectivity index (χ1) is 9.66. The Kier molecular flexibility index (Phi) is 3.07. The van der Waals surface area contributed by atoms with Gasteiger partial charge >= 0.3 is 5.97 Å². The van der Waals surface area contributed by atoms with Gasteiger partial charge in [0.15, 0.2) is 0 Å². The van der Waals surface area contributed by atoms with Gasteiger partial charge in [0.25, 0.3) is 0 Å². The summed E-state index contributed by atoms with van der Waals surface area (Å²) in [6, 6.07) is 7.20. The summed E-state index contributed by atoms with van der Waals surface area (Å²) in [5.41, 5.74) is 1.16. The van der Waals surface area contributed by atoms with Gasteiger partial charge in [-0.3, -0.25) is 0 Å². The molecule has 2 heterocycles. The zero-order chi connectivity index (χ0) is 14.1. The second kappa shape index (κ2) is 4.89. The Balaban J connectivity index is 1.99. The third-order valence-corrected chi connectivity index (χ3v) is 3.76. The molecule has 0 saturated heterocycles. The van der Waals surface area contributed by atoms with E-state index in [1.807, 2.05) is 12.1 Å². The number of benzene rings is 1. The number of furan rings is 1. The Labute approximate surface area is 117 Å². The first kappa shape index (κ1) is 12.5. The zero-order valence-corrected chi connectivity index (χ0v) is 11.0. The van der Waals surface area contributed by atoms with E-state index in [4.69, 9.17) is 10.3 Å². The molecule has 7 nitrogen and oxygen atoms in total. The maximum Gasteiger partial charge on any atom is 0.372 e. The maximum absolute atomic E-state index is 11.3. The largest absolute Gasteiger partial charge is 0.475 e. The molecule has 0 aliphatic rings. The van der Waals surface area contributed by atoms with Crippen molar-refractivity contribution in [2.24, 2.45) is 0 Å². The average molecular weight is 290 g/mol. The second-order valence-corrected chi connectivity index (χ2v) is 4.96. The summed E-state index contributed by atoms with van der Waals surface area (Å²) in [7, 11) is 0. The maximum atomic E-state index is 11.3. The number of fused-ring (bicyclic) bond motifs is 1. The van der Waals surface area contributed by atoms with Crippen molar-refractivity contribution in [3.8, 4) is 0 Å². The van der Waals surface area contributed by atoms with E-state index >= 15 is 0 Å². The van der Waals surface area contributed by atoms with Gasteiger partial charge in [-0.15, -0.1) is 10.2 Å². The summed E-state index contributed by atoms with van der Waals surface area (Å²) >= 11 is 1.30. The smallest absolute Gasteiger partial charge is 0.372 e. The highest BCUT2D eigenvalue weighted by molar-refractivity contribution is 7.98. The average Bonchev–Trinajstić information content (AvgIpc) is 3.00. The third-order valence-electron chi connectivity index (χ3n) is 2.78. The molecule has 20 heavy (non-hydrogen) atoms. The van der Waals surface area contributed by atoms with E-state index in [0.29, 0.717) is 22.1 Å². The van der Waals surface area contributed by atoms with Crippen molar-refractivity contribution in [1.82, 2.24) is 14.9 Å². The van der Waals surface area contributed by atoms with Crippen molar-refractivity contribution in [2.45, 2.75) is 10.9 Å². The Morgan fingerprint density at radius 1 is 1.45 bits per heavy atom. The van der Waals surface area contributed by atoms with E-state index in [1.165, 1.54) is 22.8 Å². The van der Waals surface area contributed by atoms with Crippen LogP contribution in [0.2, 0.25) is 0 Å². The van der Waals surface area contributed by atoms with Gasteiger partial charge in [-0.25, -0.2) is 9.47 Å². The van der Waals surface area contributed by atoms with Crippen LogP contribution in [0.25, 0.3) is 11.0 Å². The number of aromatic nitrogens is 3. The molecule has 0 atom stereocenters. The Bertz CT molecular complexity index is 780. The Morgan fingerprint density at radius 2 is 2.25 bits per heavy atom. The van der Waals surface area contributed by atoms with E-state index in [1.54, 1.807) is 12.1 Å². The highest BCUT2D eigenvalue weighted by atomic mass is 32.2. The number of thioether (sulfide) groups is 1. The molecular formula is C12H10N4O3S. The summed E-state index contributed by atoms with van der Waals surface area (Å²) in [5.74, 6) is 4.86. The predicted molar refractivity (Wildman–Crippen MR) is 72.9 cm³/mol. The molecule has 0 spiro atoms. The number of nitrogens with two attached hydrogens (primary N) is 1. The van der Waals surface area contributed by atoms with Gasteiger partial charge < -0.3 is 15.4 Å². The molecule has 2 aromatic heterocycles. The van der Waals surface area contributed by atoms with Crippen LogP contribution in [-0.2, 0) is 5.75 Å². The molecule has 0 unspecified atom stereocenters. The van der Waals surface area contributed by atoms with Crippen LogP contribution in [0.4, 0.5) is 0 Å². The summed E-state index contributed by atoms with van der Waals surface area (Å²) in [5, 5.41) is 18.0. The van der Waals surface area contributed by atoms with Gasteiger partial charge in [0.05, 0.1) is 0 Å².